The van der Waals surface area contributed by atoms with E-state index in [-0.39, 0.29) is 5.91 Å². The molecular weight excluding hydrogens is 354 g/mol. The zero-order valence-electron chi connectivity index (χ0n) is 12.4. The summed E-state index contributed by atoms with van der Waals surface area (Å²) in [6, 6.07) is 15.8. The van der Waals surface area contributed by atoms with Crippen LogP contribution in [0.1, 0.15) is 17.5 Å². The van der Waals surface area contributed by atoms with Crippen molar-refractivity contribution in [3.8, 4) is 0 Å². The van der Waals surface area contributed by atoms with Crippen LogP contribution in [0.4, 0.5) is 0 Å². The number of rotatable bonds is 5. The first-order valence-electron chi connectivity index (χ1n) is 7.35. The average Bonchev–Trinajstić information content (AvgIpc) is 2.98. The maximum atomic E-state index is 11.9. The van der Waals surface area contributed by atoms with Crippen molar-refractivity contribution < 1.29 is 4.79 Å². The highest BCUT2D eigenvalue weighted by molar-refractivity contribution is 9.10. The zero-order valence-corrected chi connectivity index (χ0v) is 14.0. The summed E-state index contributed by atoms with van der Waals surface area (Å²) in [6.07, 6.45) is 4.68. The number of carbonyl (C=O) groups is 1. The summed E-state index contributed by atoms with van der Waals surface area (Å²) >= 11 is 3.38. The number of nitrogens with one attached hydrogen (secondary N) is 2. The minimum Gasteiger partial charge on any atom is -0.361 e. The van der Waals surface area contributed by atoms with Crippen LogP contribution in [0.5, 0.6) is 0 Å². The molecule has 0 saturated heterocycles. The highest BCUT2D eigenvalue weighted by Crippen LogP contribution is 2.18. The van der Waals surface area contributed by atoms with E-state index in [0.29, 0.717) is 12.8 Å². The number of hydrogen-bond donors (Lipinski definition) is 2. The van der Waals surface area contributed by atoms with Crippen molar-refractivity contribution in [2.45, 2.75) is 12.8 Å². The van der Waals surface area contributed by atoms with E-state index in [9.17, 15) is 4.79 Å². The van der Waals surface area contributed by atoms with Crippen LogP contribution >= 0.6 is 15.9 Å². The monoisotopic (exact) mass is 369 g/mol. The highest BCUT2D eigenvalue weighted by Gasteiger charge is 2.05. The van der Waals surface area contributed by atoms with Crippen molar-refractivity contribution in [3.63, 3.8) is 0 Å². The van der Waals surface area contributed by atoms with Crippen LogP contribution in [0.15, 0.2) is 64.3 Å². The molecule has 1 heterocycles. The molecule has 116 valence electrons. The number of benzene rings is 2. The van der Waals surface area contributed by atoms with Gasteiger partial charge in [0.25, 0.3) is 0 Å². The number of carbonyl (C=O) groups excluding carboxylic acids is 1. The molecule has 3 aromatic rings. The van der Waals surface area contributed by atoms with Gasteiger partial charge in [-0.1, -0.05) is 46.3 Å². The Morgan fingerprint density at radius 2 is 1.96 bits per heavy atom. The van der Waals surface area contributed by atoms with Gasteiger partial charge in [0.1, 0.15) is 0 Å². The molecule has 0 bridgehead atoms. The first-order valence-corrected chi connectivity index (χ1v) is 8.14. The molecular formula is C18H16BrN3O. The number of para-hydroxylation sites is 1. The van der Waals surface area contributed by atoms with Crippen molar-refractivity contribution in [2.24, 2.45) is 5.10 Å². The molecule has 0 atom stereocenters. The normalized spacial score (nSPS) is 11.2. The smallest absolute Gasteiger partial charge is 0.240 e. The van der Waals surface area contributed by atoms with E-state index in [0.717, 1.165) is 21.1 Å². The Morgan fingerprint density at radius 1 is 1.17 bits per heavy atom. The molecule has 2 aromatic carbocycles. The van der Waals surface area contributed by atoms with Crippen LogP contribution in [0.25, 0.3) is 10.9 Å². The molecule has 5 heteroatoms. The van der Waals surface area contributed by atoms with Crippen molar-refractivity contribution >= 4 is 39.0 Å². The molecule has 0 saturated carbocycles. The lowest BCUT2D eigenvalue weighted by molar-refractivity contribution is -0.121. The van der Waals surface area contributed by atoms with Gasteiger partial charge < -0.3 is 4.98 Å². The fourth-order valence-electron chi connectivity index (χ4n) is 2.37. The second kappa shape index (κ2) is 7.24. The van der Waals surface area contributed by atoms with Gasteiger partial charge in [0, 0.05) is 28.0 Å². The number of H-pyrrole nitrogens is 1. The fraction of sp³-hybridized carbons (Fsp3) is 0.111. The Labute approximate surface area is 142 Å². The Bertz CT molecular complexity index is 837. The van der Waals surface area contributed by atoms with E-state index in [4.69, 9.17) is 0 Å². The molecule has 0 radical (unpaired) electrons. The van der Waals surface area contributed by atoms with Crippen LogP contribution in [0.3, 0.4) is 0 Å². The van der Waals surface area contributed by atoms with Crippen LogP contribution in [0, 0.1) is 0 Å². The van der Waals surface area contributed by atoms with Crippen molar-refractivity contribution in [3.05, 3.63) is 70.3 Å². The largest absolute Gasteiger partial charge is 0.361 e. The molecule has 0 aliphatic heterocycles. The Kier molecular flexibility index (Phi) is 4.88. The minimum absolute atomic E-state index is 0.0938. The molecule has 2 N–H and O–H groups in total. The maximum Gasteiger partial charge on any atom is 0.240 e. The zero-order chi connectivity index (χ0) is 16.1. The summed E-state index contributed by atoms with van der Waals surface area (Å²) in [6.45, 7) is 0. The molecule has 1 amide bonds. The molecule has 0 aliphatic carbocycles. The second-order valence-corrected chi connectivity index (χ2v) is 6.12. The number of nitrogens with zero attached hydrogens (tertiary/aromatic N) is 1. The number of halogens is 1. The van der Waals surface area contributed by atoms with Crippen LogP contribution in [0.2, 0.25) is 0 Å². The lowest BCUT2D eigenvalue weighted by atomic mass is 10.1. The topological polar surface area (TPSA) is 57.2 Å². The number of hydrogen-bond acceptors (Lipinski definition) is 2. The molecule has 0 spiro atoms. The van der Waals surface area contributed by atoms with Crippen LogP contribution in [-0.2, 0) is 11.2 Å². The molecule has 23 heavy (non-hydrogen) atoms. The minimum atomic E-state index is -0.0938. The summed E-state index contributed by atoms with van der Waals surface area (Å²) < 4.78 is 1.01. The number of aromatic amines is 1. The first-order chi connectivity index (χ1) is 11.2. The van der Waals surface area contributed by atoms with Gasteiger partial charge in [-0.15, -0.1) is 0 Å². The molecule has 4 nitrogen and oxygen atoms in total. The van der Waals surface area contributed by atoms with Gasteiger partial charge in [0.15, 0.2) is 0 Å². The third-order valence-corrected chi connectivity index (χ3v) is 4.10. The quantitative estimate of drug-likeness (QED) is 0.517. The number of amides is 1. The summed E-state index contributed by atoms with van der Waals surface area (Å²) in [5.74, 6) is -0.0938. The Morgan fingerprint density at radius 3 is 2.78 bits per heavy atom. The van der Waals surface area contributed by atoms with Gasteiger partial charge in [-0.3, -0.25) is 4.79 Å². The van der Waals surface area contributed by atoms with Gasteiger partial charge >= 0.3 is 0 Å². The Hall–Kier alpha value is -2.40. The first kappa shape index (κ1) is 15.5. The SMILES string of the molecule is O=C(CCc1c[nH]c2ccccc12)N/N=C/c1ccc(Br)cc1. The van der Waals surface area contributed by atoms with E-state index in [1.54, 1.807) is 6.21 Å². The van der Waals surface area contributed by atoms with E-state index in [1.165, 1.54) is 5.39 Å². The van der Waals surface area contributed by atoms with Gasteiger partial charge in [-0.2, -0.15) is 5.10 Å². The van der Waals surface area contributed by atoms with Gasteiger partial charge in [0.2, 0.25) is 5.91 Å². The lowest BCUT2D eigenvalue weighted by Crippen LogP contribution is -2.17. The number of aryl methyl sites for hydroxylation is 1. The number of aromatic nitrogens is 1. The second-order valence-electron chi connectivity index (χ2n) is 5.20. The standard InChI is InChI=1S/C18H16BrN3O/c19-15-8-5-13(6-9-15)11-21-22-18(23)10-7-14-12-20-17-4-2-1-3-16(14)17/h1-6,8-9,11-12,20H,7,10H2,(H,22,23)/b21-11+. The predicted molar refractivity (Wildman–Crippen MR) is 96.5 cm³/mol. The van der Waals surface area contributed by atoms with Gasteiger partial charge in [-0.05, 0) is 35.7 Å². The third-order valence-electron chi connectivity index (χ3n) is 3.57. The molecule has 0 fully saturated rings. The highest BCUT2D eigenvalue weighted by atomic mass is 79.9. The fourth-order valence-corrected chi connectivity index (χ4v) is 2.63. The van der Waals surface area contributed by atoms with Crippen molar-refractivity contribution in [2.75, 3.05) is 0 Å². The van der Waals surface area contributed by atoms with Gasteiger partial charge in [0.05, 0.1) is 6.21 Å². The summed E-state index contributed by atoms with van der Waals surface area (Å²) in [4.78, 5) is 15.1. The van der Waals surface area contributed by atoms with Crippen LogP contribution < -0.4 is 5.43 Å². The molecule has 3 rings (SSSR count). The molecule has 0 unspecified atom stereocenters. The van der Waals surface area contributed by atoms with Crippen LogP contribution in [-0.4, -0.2) is 17.1 Å². The van der Waals surface area contributed by atoms with Crippen molar-refractivity contribution in [1.29, 1.82) is 0 Å². The van der Waals surface area contributed by atoms with Crippen molar-refractivity contribution in [1.82, 2.24) is 10.4 Å². The molecule has 0 aliphatic rings. The van der Waals surface area contributed by atoms with E-state index >= 15 is 0 Å². The average molecular weight is 370 g/mol. The summed E-state index contributed by atoms with van der Waals surface area (Å²) in [7, 11) is 0. The number of hydrazone groups is 1. The molecule has 1 aromatic heterocycles. The van der Waals surface area contributed by atoms with Gasteiger partial charge in [-0.25, -0.2) is 5.43 Å². The number of fused-ring (bicyclic) bond motifs is 1. The maximum absolute atomic E-state index is 11.9. The predicted octanol–water partition coefficient (Wildman–Crippen LogP) is 4.01. The lowest BCUT2D eigenvalue weighted by Gasteiger charge is -2.00. The summed E-state index contributed by atoms with van der Waals surface area (Å²) in [5, 5.41) is 5.15. The Balaban J connectivity index is 1.52. The van der Waals surface area contributed by atoms with E-state index < -0.39 is 0 Å². The van der Waals surface area contributed by atoms with E-state index in [2.05, 4.69) is 37.5 Å². The van der Waals surface area contributed by atoms with E-state index in [1.807, 2.05) is 48.7 Å². The third kappa shape index (κ3) is 4.07. The summed E-state index contributed by atoms with van der Waals surface area (Å²) in [5.41, 5.74) is 5.74.